The van der Waals surface area contributed by atoms with Gasteiger partial charge in [0.2, 0.25) is 5.95 Å². The quantitative estimate of drug-likeness (QED) is 0.609. The molecule has 1 aliphatic carbocycles. The van der Waals surface area contributed by atoms with E-state index in [1.54, 1.807) is 0 Å². The Kier molecular flexibility index (Phi) is 3.37. The van der Waals surface area contributed by atoms with E-state index < -0.39 is 0 Å². The van der Waals surface area contributed by atoms with Gasteiger partial charge in [-0.3, -0.25) is 0 Å². The van der Waals surface area contributed by atoms with Gasteiger partial charge in [-0.1, -0.05) is 55.3 Å². The van der Waals surface area contributed by atoms with E-state index >= 15 is 0 Å². The average molecular weight is 329 g/mol. The Morgan fingerprint density at radius 1 is 0.880 bits per heavy atom. The lowest BCUT2D eigenvalue weighted by atomic mass is 10.2. The van der Waals surface area contributed by atoms with Crippen molar-refractivity contribution in [3.05, 3.63) is 54.6 Å². The van der Waals surface area contributed by atoms with Crippen LogP contribution in [-0.2, 0) is 0 Å². The second-order valence-electron chi connectivity index (χ2n) is 6.62. The molecule has 2 aromatic heterocycles. The summed E-state index contributed by atoms with van der Waals surface area (Å²) < 4.78 is 1.86. The van der Waals surface area contributed by atoms with Gasteiger partial charge >= 0.3 is 0 Å². The highest BCUT2D eigenvalue weighted by Crippen LogP contribution is 2.26. The summed E-state index contributed by atoms with van der Waals surface area (Å²) in [6.45, 7) is 0. The van der Waals surface area contributed by atoms with E-state index in [9.17, 15) is 0 Å². The molecule has 124 valence electrons. The zero-order valence-electron chi connectivity index (χ0n) is 13.9. The maximum absolute atomic E-state index is 4.82. The van der Waals surface area contributed by atoms with Gasteiger partial charge in [0.05, 0.1) is 5.52 Å². The molecular weight excluding hydrogens is 310 g/mol. The average Bonchev–Trinajstić information content (AvgIpc) is 3.32. The predicted molar refractivity (Wildman–Crippen MR) is 99.6 cm³/mol. The zero-order valence-corrected chi connectivity index (χ0v) is 13.9. The van der Waals surface area contributed by atoms with Crippen LogP contribution in [0.1, 0.15) is 25.7 Å². The number of hydrogen-bond acceptors (Lipinski definition) is 4. The number of hydrogen-bond donors (Lipinski definition) is 1. The van der Waals surface area contributed by atoms with Crippen LogP contribution in [0.3, 0.4) is 0 Å². The van der Waals surface area contributed by atoms with E-state index in [1.165, 1.54) is 25.7 Å². The number of nitrogens with one attached hydrogen (secondary N) is 1. The van der Waals surface area contributed by atoms with Crippen LogP contribution in [0.25, 0.3) is 27.9 Å². The predicted octanol–water partition coefficient (Wildman–Crippen LogP) is 4.30. The van der Waals surface area contributed by atoms with Crippen molar-refractivity contribution >= 4 is 22.5 Å². The monoisotopic (exact) mass is 329 g/mol. The summed E-state index contributed by atoms with van der Waals surface area (Å²) in [6.07, 6.45) is 4.94. The SMILES string of the molecule is c1ccc(-c2nc3c4ccccc4nc(NC4CCCC4)n3n2)cc1. The van der Waals surface area contributed by atoms with E-state index in [0.717, 1.165) is 33.9 Å². The van der Waals surface area contributed by atoms with Gasteiger partial charge in [-0.05, 0) is 25.0 Å². The molecule has 0 radical (unpaired) electrons. The van der Waals surface area contributed by atoms with Crippen molar-refractivity contribution in [1.82, 2.24) is 19.6 Å². The van der Waals surface area contributed by atoms with Gasteiger partial charge in [-0.2, -0.15) is 4.52 Å². The van der Waals surface area contributed by atoms with Crippen molar-refractivity contribution in [3.8, 4) is 11.4 Å². The van der Waals surface area contributed by atoms with Gasteiger partial charge in [0.15, 0.2) is 11.5 Å². The Morgan fingerprint density at radius 3 is 2.48 bits per heavy atom. The van der Waals surface area contributed by atoms with Crippen LogP contribution in [0, 0.1) is 0 Å². The lowest BCUT2D eigenvalue weighted by Gasteiger charge is -2.14. The minimum atomic E-state index is 0.473. The summed E-state index contributed by atoms with van der Waals surface area (Å²) in [7, 11) is 0. The molecule has 5 nitrogen and oxygen atoms in total. The maximum Gasteiger partial charge on any atom is 0.226 e. The molecule has 5 heteroatoms. The number of nitrogens with zero attached hydrogens (tertiary/aromatic N) is 4. The molecule has 1 fully saturated rings. The molecule has 2 heterocycles. The van der Waals surface area contributed by atoms with E-state index in [4.69, 9.17) is 15.1 Å². The summed E-state index contributed by atoms with van der Waals surface area (Å²) in [4.78, 5) is 9.64. The minimum Gasteiger partial charge on any atom is -0.351 e. The van der Waals surface area contributed by atoms with Crippen molar-refractivity contribution in [2.45, 2.75) is 31.7 Å². The first-order chi connectivity index (χ1) is 12.4. The summed E-state index contributed by atoms with van der Waals surface area (Å²) in [5.74, 6) is 1.52. The number of para-hydroxylation sites is 1. The Balaban J connectivity index is 1.72. The van der Waals surface area contributed by atoms with Crippen LogP contribution in [0.15, 0.2) is 54.6 Å². The first-order valence-corrected chi connectivity index (χ1v) is 8.86. The summed E-state index contributed by atoms with van der Waals surface area (Å²) >= 11 is 0. The van der Waals surface area contributed by atoms with Crippen LogP contribution in [0.5, 0.6) is 0 Å². The van der Waals surface area contributed by atoms with E-state index in [-0.39, 0.29) is 0 Å². The van der Waals surface area contributed by atoms with Crippen LogP contribution in [0.4, 0.5) is 5.95 Å². The van der Waals surface area contributed by atoms with Gasteiger partial charge in [-0.15, -0.1) is 5.10 Å². The molecule has 0 spiro atoms. The third kappa shape index (κ3) is 2.52. The minimum absolute atomic E-state index is 0.473. The first kappa shape index (κ1) is 14.4. The third-order valence-electron chi connectivity index (χ3n) is 4.90. The van der Waals surface area contributed by atoms with Crippen LogP contribution < -0.4 is 5.32 Å². The molecule has 0 atom stereocenters. The number of aromatic nitrogens is 4. The normalized spacial score (nSPS) is 15.2. The molecule has 25 heavy (non-hydrogen) atoms. The Hall–Kier alpha value is -2.95. The second kappa shape index (κ2) is 5.84. The van der Waals surface area contributed by atoms with Crippen LogP contribution in [0.2, 0.25) is 0 Å². The summed E-state index contributed by atoms with van der Waals surface area (Å²) in [5.41, 5.74) is 2.81. The molecule has 0 bridgehead atoms. The molecular formula is C20H19N5. The molecule has 1 aliphatic rings. The molecule has 2 aromatic carbocycles. The standard InChI is InChI=1S/C20H19N5/c1-2-8-14(9-3-1)18-23-19-16-12-6-7-13-17(16)22-20(25(19)24-18)21-15-10-4-5-11-15/h1-3,6-9,12-13,15H,4-5,10-11H2,(H,21,22). The van der Waals surface area contributed by atoms with Gasteiger partial charge in [0.1, 0.15) is 0 Å². The lowest BCUT2D eigenvalue weighted by Crippen LogP contribution is -2.18. The van der Waals surface area contributed by atoms with Crippen LogP contribution >= 0.6 is 0 Å². The topological polar surface area (TPSA) is 55.1 Å². The number of fused-ring (bicyclic) bond motifs is 3. The van der Waals surface area contributed by atoms with Gasteiger partial charge in [-0.25, -0.2) is 9.97 Å². The smallest absolute Gasteiger partial charge is 0.226 e. The Labute approximate surface area is 145 Å². The fourth-order valence-electron chi connectivity index (χ4n) is 3.61. The number of anilines is 1. The number of benzene rings is 2. The van der Waals surface area contributed by atoms with Crippen molar-refractivity contribution in [2.24, 2.45) is 0 Å². The number of rotatable bonds is 3. The highest BCUT2D eigenvalue weighted by molar-refractivity contribution is 5.92. The lowest BCUT2D eigenvalue weighted by molar-refractivity contribution is 0.734. The van der Waals surface area contributed by atoms with Gasteiger partial charge in [0.25, 0.3) is 0 Å². The second-order valence-corrected chi connectivity index (χ2v) is 6.62. The van der Waals surface area contributed by atoms with Crippen molar-refractivity contribution in [3.63, 3.8) is 0 Å². The van der Waals surface area contributed by atoms with Crippen molar-refractivity contribution in [2.75, 3.05) is 5.32 Å². The summed E-state index contributed by atoms with van der Waals surface area (Å²) in [5, 5.41) is 9.37. The van der Waals surface area contributed by atoms with Gasteiger partial charge < -0.3 is 5.32 Å². The first-order valence-electron chi connectivity index (χ1n) is 8.86. The Morgan fingerprint density at radius 2 is 1.64 bits per heavy atom. The largest absolute Gasteiger partial charge is 0.351 e. The highest BCUT2D eigenvalue weighted by Gasteiger charge is 2.19. The molecule has 0 aliphatic heterocycles. The van der Waals surface area contributed by atoms with Crippen molar-refractivity contribution < 1.29 is 0 Å². The summed E-state index contributed by atoms with van der Waals surface area (Å²) in [6, 6.07) is 18.7. The van der Waals surface area contributed by atoms with E-state index in [2.05, 4.69) is 11.4 Å². The molecule has 0 unspecified atom stereocenters. The maximum atomic E-state index is 4.82. The highest BCUT2D eigenvalue weighted by atomic mass is 15.4. The van der Waals surface area contributed by atoms with E-state index in [0.29, 0.717) is 6.04 Å². The molecule has 0 amide bonds. The zero-order chi connectivity index (χ0) is 16.6. The van der Waals surface area contributed by atoms with Gasteiger partial charge in [0, 0.05) is 17.0 Å². The fourth-order valence-corrected chi connectivity index (χ4v) is 3.61. The molecule has 0 saturated heterocycles. The molecule has 5 rings (SSSR count). The molecule has 1 saturated carbocycles. The van der Waals surface area contributed by atoms with E-state index in [1.807, 2.05) is 53.0 Å². The van der Waals surface area contributed by atoms with Crippen LogP contribution in [-0.4, -0.2) is 25.6 Å². The fraction of sp³-hybridized carbons (Fsp3) is 0.250. The van der Waals surface area contributed by atoms with Crippen molar-refractivity contribution in [1.29, 1.82) is 0 Å². The molecule has 1 N–H and O–H groups in total. The Bertz CT molecular complexity index is 1030. The third-order valence-corrected chi connectivity index (χ3v) is 4.90. The molecule has 4 aromatic rings.